The van der Waals surface area contributed by atoms with Gasteiger partial charge in [0, 0.05) is 38.8 Å². The van der Waals surface area contributed by atoms with Crippen molar-refractivity contribution in [1.82, 2.24) is 15.1 Å². The molecule has 0 saturated carbocycles. The molecule has 110 valence electrons. The number of carbonyl (C=O) groups excluding carboxylic acids is 2. The van der Waals surface area contributed by atoms with Gasteiger partial charge in [-0.15, -0.1) is 12.4 Å². The molecule has 0 aliphatic carbocycles. The number of likely N-dealkylation sites (tertiary alicyclic amines) is 1. The molecule has 3 N–H and O–H groups in total. The van der Waals surface area contributed by atoms with Gasteiger partial charge in [-0.1, -0.05) is 0 Å². The quantitative estimate of drug-likeness (QED) is 0.714. The number of nitrogens with one attached hydrogen (secondary N) is 1. The molecule has 2 rings (SSSR count). The SMILES string of the molecule is C[C@@H]1CNCCN1C(=O)C1CCCN(C(N)=O)C1.Cl. The molecule has 0 bridgehead atoms. The maximum atomic E-state index is 12.5. The number of hydrogen-bond acceptors (Lipinski definition) is 3. The minimum atomic E-state index is -0.416. The summed E-state index contributed by atoms with van der Waals surface area (Å²) in [6, 6.07) is -0.184. The number of hydrogen-bond donors (Lipinski definition) is 2. The summed E-state index contributed by atoms with van der Waals surface area (Å²) < 4.78 is 0. The molecule has 2 saturated heterocycles. The van der Waals surface area contributed by atoms with Crippen LogP contribution in [0.5, 0.6) is 0 Å². The maximum Gasteiger partial charge on any atom is 0.314 e. The number of piperazine rings is 1. The lowest BCUT2D eigenvalue weighted by molar-refractivity contribution is -0.139. The van der Waals surface area contributed by atoms with Crippen molar-refractivity contribution in [1.29, 1.82) is 0 Å². The van der Waals surface area contributed by atoms with Gasteiger partial charge in [-0.3, -0.25) is 4.79 Å². The van der Waals surface area contributed by atoms with Crippen LogP contribution in [0, 0.1) is 5.92 Å². The summed E-state index contributed by atoms with van der Waals surface area (Å²) in [5.41, 5.74) is 5.29. The Hall–Kier alpha value is -1.01. The van der Waals surface area contributed by atoms with Gasteiger partial charge < -0.3 is 20.9 Å². The van der Waals surface area contributed by atoms with Crippen LogP contribution >= 0.6 is 12.4 Å². The van der Waals surface area contributed by atoms with E-state index in [1.807, 2.05) is 4.90 Å². The molecule has 2 fully saturated rings. The van der Waals surface area contributed by atoms with E-state index in [1.165, 1.54) is 0 Å². The molecule has 0 spiro atoms. The Morgan fingerprint density at radius 3 is 2.68 bits per heavy atom. The number of nitrogens with two attached hydrogens (primary N) is 1. The first-order valence-corrected chi connectivity index (χ1v) is 6.65. The van der Waals surface area contributed by atoms with Crippen molar-refractivity contribution in [3.05, 3.63) is 0 Å². The van der Waals surface area contributed by atoms with Crippen LogP contribution in [0.15, 0.2) is 0 Å². The van der Waals surface area contributed by atoms with Crippen molar-refractivity contribution < 1.29 is 9.59 Å². The Kier molecular flexibility index (Phi) is 5.87. The number of amides is 3. The van der Waals surface area contributed by atoms with Gasteiger partial charge in [-0.2, -0.15) is 0 Å². The van der Waals surface area contributed by atoms with Gasteiger partial charge in [-0.05, 0) is 19.8 Å². The van der Waals surface area contributed by atoms with Crippen LogP contribution in [0.25, 0.3) is 0 Å². The first-order chi connectivity index (χ1) is 8.59. The second kappa shape index (κ2) is 6.96. The highest BCUT2D eigenvalue weighted by molar-refractivity contribution is 5.85. The highest BCUT2D eigenvalue weighted by atomic mass is 35.5. The Morgan fingerprint density at radius 1 is 1.32 bits per heavy atom. The fourth-order valence-electron chi connectivity index (χ4n) is 2.78. The third-order valence-electron chi connectivity index (χ3n) is 3.87. The fourth-order valence-corrected chi connectivity index (χ4v) is 2.78. The highest BCUT2D eigenvalue weighted by Gasteiger charge is 2.33. The van der Waals surface area contributed by atoms with E-state index in [1.54, 1.807) is 4.90 Å². The monoisotopic (exact) mass is 290 g/mol. The van der Waals surface area contributed by atoms with Crippen LogP contribution in [-0.2, 0) is 4.79 Å². The molecule has 2 atom stereocenters. The Bertz CT molecular complexity index is 340. The Balaban J connectivity index is 0.00000180. The summed E-state index contributed by atoms with van der Waals surface area (Å²) in [5.74, 6) is 0.0988. The lowest BCUT2D eigenvalue weighted by Crippen LogP contribution is -2.56. The predicted molar refractivity (Wildman–Crippen MR) is 75.2 cm³/mol. The minimum absolute atomic E-state index is 0. The molecule has 1 unspecified atom stereocenters. The molecule has 6 nitrogen and oxygen atoms in total. The van der Waals surface area contributed by atoms with Crippen LogP contribution in [0.3, 0.4) is 0 Å². The van der Waals surface area contributed by atoms with Crippen LogP contribution in [0.4, 0.5) is 4.79 Å². The number of urea groups is 1. The molecule has 7 heteroatoms. The lowest BCUT2D eigenvalue weighted by atomic mass is 9.95. The number of halogens is 1. The number of carbonyl (C=O) groups is 2. The topological polar surface area (TPSA) is 78.7 Å². The highest BCUT2D eigenvalue weighted by Crippen LogP contribution is 2.20. The maximum absolute atomic E-state index is 12.5. The number of piperidine rings is 1. The summed E-state index contributed by atoms with van der Waals surface area (Å²) in [7, 11) is 0. The molecule has 19 heavy (non-hydrogen) atoms. The van der Waals surface area contributed by atoms with Crippen molar-refractivity contribution in [2.24, 2.45) is 11.7 Å². The van der Waals surface area contributed by atoms with E-state index in [0.29, 0.717) is 13.1 Å². The predicted octanol–water partition coefficient (Wildman–Crippen LogP) is 0.0192. The lowest BCUT2D eigenvalue weighted by Gasteiger charge is -2.39. The van der Waals surface area contributed by atoms with Gasteiger partial charge in [-0.25, -0.2) is 4.79 Å². The van der Waals surface area contributed by atoms with Gasteiger partial charge in [0.15, 0.2) is 0 Å². The second-order valence-corrected chi connectivity index (χ2v) is 5.21. The van der Waals surface area contributed by atoms with Crippen LogP contribution in [0.2, 0.25) is 0 Å². The molecule has 3 amide bonds. The standard InChI is InChI=1S/C12H22N4O2.ClH/c1-9-7-14-4-6-16(9)11(17)10-3-2-5-15(8-10)12(13)18;/h9-10,14H,2-8H2,1H3,(H2,13,18);1H/t9-,10?;/m1./s1. The summed E-state index contributed by atoms with van der Waals surface area (Å²) in [6.07, 6.45) is 1.72. The van der Waals surface area contributed by atoms with E-state index in [2.05, 4.69) is 12.2 Å². The molecule has 2 heterocycles. The fraction of sp³-hybridized carbons (Fsp3) is 0.833. The molecular weight excluding hydrogens is 268 g/mol. The molecular formula is C12H23ClN4O2. The van der Waals surface area contributed by atoms with Crippen molar-refractivity contribution in [2.45, 2.75) is 25.8 Å². The summed E-state index contributed by atoms with van der Waals surface area (Å²) in [6.45, 7) is 5.66. The Labute approximate surface area is 120 Å². The normalized spacial score (nSPS) is 27.6. The zero-order chi connectivity index (χ0) is 13.1. The molecule has 0 radical (unpaired) electrons. The largest absolute Gasteiger partial charge is 0.351 e. The van der Waals surface area contributed by atoms with Gasteiger partial charge in [0.1, 0.15) is 0 Å². The summed E-state index contributed by atoms with van der Waals surface area (Å²) in [5, 5.41) is 3.27. The average molecular weight is 291 g/mol. The van der Waals surface area contributed by atoms with E-state index < -0.39 is 6.03 Å². The van der Waals surface area contributed by atoms with Crippen LogP contribution in [0.1, 0.15) is 19.8 Å². The van der Waals surface area contributed by atoms with E-state index in [4.69, 9.17) is 5.73 Å². The minimum Gasteiger partial charge on any atom is -0.351 e. The molecule has 2 aliphatic heterocycles. The zero-order valence-corrected chi connectivity index (χ0v) is 12.1. The molecule has 0 aromatic carbocycles. The number of primary amides is 1. The molecule has 0 aromatic heterocycles. The second-order valence-electron chi connectivity index (χ2n) is 5.21. The first-order valence-electron chi connectivity index (χ1n) is 6.65. The van der Waals surface area contributed by atoms with Crippen molar-refractivity contribution in [3.8, 4) is 0 Å². The van der Waals surface area contributed by atoms with E-state index >= 15 is 0 Å². The number of rotatable bonds is 1. The Morgan fingerprint density at radius 2 is 2.05 bits per heavy atom. The van der Waals surface area contributed by atoms with Crippen LogP contribution < -0.4 is 11.1 Å². The molecule has 2 aliphatic rings. The summed E-state index contributed by atoms with van der Waals surface area (Å²) in [4.78, 5) is 27.1. The third kappa shape index (κ3) is 3.73. The van der Waals surface area contributed by atoms with E-state index in [9.17, 15) is 9.59 Å². The van der Waals surface area contributed by atoms with Crippen molar-refractivity contribution in [2.75, 3.05) is 32.7 Å². The van der Waals surface area contributed by atoms with Gasteiger partial charge in [0.25, 0.3) is 0 Å². The number of nitrogens with zero attached hydrogens (tertiary/aromatic N) is 2. The van der Waals surface area contributed by atoms with E-state index in [-0.39, 0.29) is 30.3 Å². The third-order valence-corrected chi connectivity index (χ3v) is 3.87. The van der Waals surface area contributed by atoms with Crippen molar-refractivity contribution in [3.63, 3.8) is 0 Å². The average Bonchev–Trinajstić information content (AvgIpc) is 2.38. The zero-order valence-electron chi connectivity index (χ0n) is 11.3. The van der Waals surface area contributed by atoms with Gasteiger partial charge in [0.2, 0.25) is 5.91 Å². The van der Waals surface area contributed by atoms with Gasteiger partial charge >= 0.3 is 6.03 Å². The van der Waals surface area contributed by atoms with Crippen molar-refractivity contribution >= 4 is 24.3 Å². The first kappa shape index (κ1) is 16.0. The van der Waals surface area contributed by atoms with Crippen LogP contribution in [-0.4, -0.2) is 60.5 Å². The molecule has 0 aromatic rings. The smallest absolute Gasteiger partial charge is 0.314 e. The van der Waals surface area contributed by atoms with E-state index in [0.717, 1.165) is 32.5 Å². The van der Waals surface area contributed by atoms with Gasteiger partial charge in [0.05, 0.1) is 5.92 Å². The summed E-state index contributed by atoms with van der Waals surface area (Å²) >= 11 is 0.